The number of aromatic nitrogens is 2. The van der Waals surface area contributed by atoms with Crippen LogP contribution in [-0.4, -0.2) is 97.8 Å². The molecule has 0 saturated carbocycles. The Morgan fingerprint density at radius 3 is 2.47 bits per heavy atom. The molecule has 2 heterocycles. The van der Waals surface area contributed by atoms with Crippen molar-refractivity contribution in [3.8, 4) is 0 Å². The van der Waals surface area contributed by atoms with E-state index in [1.54, 1.807) is 24.1 Å². The molecule has 164 valence electrons. The molecule has 0 bridgehead atoms. The first kappa shape index (κ1) is 25.2. The molecular weight excluding hydrogens is 450 g/mol. The van der Waals surface area contributed by atoms with Crippen LogP contribution in [-0.2, 0) is 9.59 Å². The van der Waals surface area contributed by atoms with Gasteiger partial charge in [-0.1, -0.05) is 0 Å². The zero-order valence-electron chi connectivity index (χ0n) is 17.0. The number of carbonyl (C=O) groups excluding carboxylic acids is 3. The standard InChI is InChI=1S/C18H21N7O6.Ca/c1-25-10(7-21-13-12(25)15(27)24-18(19)23-13)6-20-9-4-2-8(3-5-9)14(26)22-11(16(28)29)17(30)31;/h2-5,10-11,20H,6-7H2,1H3,(H,22,26)(H,28,29)(H,30,31)(H4,19,21,23,24,27);/q;+2/p-2. The van der Waals surface area contributed by atoms with Gasteiger partial charge < -0.3 is 46.4 Å². The normalized spacial score (nSPS) is 14.6. The summed E-state index contributed by atoms with van der Waals surface area (Å²) in [5.41, 5.74) is 6.27. The van der Waals surface area contributed by atoms with Crippen molar-refractivity contribution in [1.82, 2.24) is 15.3 Å². The molecule has 1 amide bonds. The Balaban J connectivity index is 0.00000363. The number of amides is 1. The Morgan fingerprint density at radius 2 is 1.88 bits per heavy atom. The molecule has 1 unspecified atom stereocenters. The molecule has 1 atom stereocenters. The number of rotatable bonds is 7. The maximum absolute atomic E-state index is 12.2. The second-order valence-corrected chi connectivity index (χ2v) is 6.80. The van der Waals surface area contributed by atoms with Crippen molar-refractivity contribution in [2.45, 2.75) is 12.1 Å². The number of hydrogen-bond acceptors (Lipinski definition) is 11. The van der Waals surface area contributed by atoms with Crippen LogP contribution in [0.25, 0.3) is 0 Å². The Bertz CT molecular complexity index is 1060. The maximum atomic E-state index is 12.2. The molecule has 32 heavy (non-hydrogen) atoms. The predicted molar refractivity (Wildman–Crippen MR) is 112 cm³/mol. The average Bonchev–Trinajstić information content (AvgIpc) is 2.70. The number of carboxylic acids is 2. The first-order valence-electron chi connectivity index (χ1n) is 9.10. The molecule has 0 aliphatic carbocycles. The van der Waals surface area contributed by atoms with Gasteiger partial charge in [0.25, 0.3) is 11.5 Å². The van der Waals surface area contributed by atoms with E-state index in [-0.39, 0.29) is 60.9 Å². The monoisotopic (exact) mass is 469 g/mol. The number of nitrogens with one attached hydrogen (secondary N) is 4. The number of carboxylic acid groups (broad SMARTS) is 2. The zero-order valence-corrected chi connectivity index (χ0v) is 19.2. The van der Waals surface area contributed by atoms with Crippen LogP contribution in [0.15, 0.2) is 29.1 Å². The molecule has 13 nitrogen and oxygen atoms in total. The second-order valence-electron chi connectivity index (χ2n) is 6.80. The van der Waals surface area contributed by atoms with Gasteiger partial charge in [-0.25, -0.2) is 0 Å². The third-order valence-electron chi connectivity index (χ3n) is 4.75. The number of hydrogen-bond donors (Lipinski definition) is 5. The van der Waals surface area contributed by atoms with Gasteiger partial charge in [0.1, 0.15) is 11.7 Å². The van der Waals surface area contributed by atoms with Gasteiger partial charge in [-0.15, -0.1) is 0 Å². The Morgan fingerprint density at radius 1 is 1.25 bits per heavy atom. The predicted octanol–water partition coefficient (Wildman–Crippen LogP) is -4.09. The van der Waals surface area contributed by atoms with E-state index >= 15 is 0 Å². The number of H-pyrrole nitrogens is 1. The van der Waals surface area contributed by atoms with Crippen molar-refractivity contribution in [3.05, 3.63) is 40.2 Å². The zero-order chi connectivity index (χ0) is 22.7. The number of likely N-dealkylation sites (N-methyl/N-ethyl adjacent to an activating group) is 1. The molecular formula is C18H19CaN7O6. The fourth-order valence-corrected chi connectivity index (χ4v) is 3.08. The summed E-state index contributed by atoms with van der Waals surface area (Å²) >= 11 is 0. The third-order valence-corrected chi connectivity index (χ3v) is 4.75. The van der Waals surface area contributed by atoms with Gasteiger partial charge in [-0.3, -0.25) is 14.6 Å². The smallest absolute Gasteiger partial charge is 0.547 e. The number of nitrogens with zero attached hydrogens (tertiary/aromatic N) is 2. The van der Waals surface area contributed by atoms with E-state index in [0.29, 0.717) is 30.3 Å². The summed E-state index contributed by atoms with van der Waals surface area (Å²) in [5, 5.41) is 29.5. The SMILES string of the molecule is CN1c2c(nc(N)[nH]c2=O)NCC1CNc1ccc(C(=O)NC(C(=O)[O-])C(=O)[O-])cc1.[Ca+2]. The first-order valence-corrected chi connectivity index (χ1v) is 9.10. The molecule has 0 radical (unpaired) electrons. The summed E-state index contributed by atoms with van der Waals surface area (Å²) in [6.07, 6.45) is 0. The van der Waals surface area contributed by atoms with E-state index in [4.69, 9.17) is 5.73 Å². The van der Waals surface area contributed by atoms with Crippen LogP contribution in [0.2, 0.25) is 0 Å². The van der Waals surface area contributed by atoms with Gasteiger partial charge in [0.2, 0.25) is 5.95 Å². The van der Waals surface area contributed by atoms with Crippen LogP contribution in [0.3, 0.4) is 0 Å². The molecule has 2 aromatic rings. The molecule has 0 fully saturated rings. The second kappa shape index (κ2) is 10.5. The molecule has 14 heteroatoms. The van der Waals surface area contributed by atoms with Crippen molar-refractivity contribution in [2.75, 3.05) is 41.4 Å². The van der Waals surface area contributed by atoms with Crippen molar-refractivity contribution in [2.24, 2.45) is 0 Å². The van der Waals surface area contributed by atoms with E-state index in [1.807, 2.05) is 5.32 Å². The van der Waals surface area contributed by atoms with Crippen molar-refractivity contribution >= 4 is 78.7 Å². The van der Waals surface area contributed by atoms with E-state index in [2.05, 4.69) is 20.6 Å². The van der Waals surface area contributed by atoms with E-state index in [0.717, 1.165) is 0 Å². The molecule has 1 aliphatic rings. The van der Waals surface area contributed by atoms with Crippen molar-refractivity contribution in [1.29, 1.82) is 0 Å². The minimum absolute atomic E-state index is 0. The van der Waals surface area contributed by atoms with E-state index < -0.39 is 23.9 Å². The topological polar surface area (TPSA) is 208 Å². The quantitative estimate of drug-likeness (QED) is 0.194. The van der Waals surface area contributed by atoms with Gasteiger partial charge in [-0.05, 0) is 24.3 Å². The molecule has 1 aliphatic heterocycles. The number of benzene rings is 1. The number of fused-ring (bicyclic) bond motifs is 1. The first-order chi connectivity index (χ1) is 14.7. The molecule has 6 N–H and O–H groups in total. The molecule has 3 rings (SSSR count). The summed E-state index contributed by atoms with van der Waals surface area (Å²) in [6.45, 7) is 0.941. The van der Waals surface area contributed by atoms with Gasteiger partial charge in [0, 0.05) is 31.4 Å². The molecule has 1 aromatic carbocycles. The number of nitrogens with two attached hydrogens (primary N) is 1. The van der Waals surface area contributed by atoms with Gasteiger partial charge in [-0.2, -0.15) is 4.98 Å². The summed E-state index contributed by atoms with van der Waals surface area (Å²) < 4.78 is 0. The fraction of sp³-hybridized carbons (Fsp3) is 0.278. The van der Waals surface area contributed by atoms with Gasteiger partial charge >= 0.3 is 37.7 Å². The Kier molecular flexibility index (Phi) is 8.30. The average molecular weight is 469 g/mol. The van der Waals surface area contributed by atoms with Gasteiger partial charge in [0.15, 0.2) is 5.82 Å². The van der Waals surface area contributed by atoms with Gasteiger partial charge in [0.05, 0.1) is 18.0 Å². The number of anilines is 4. The van der Waals surface area contributed by atoms with Crippen LogP contribution in [0.4, 0.5) is 23.1 Å². The number of aromatic amines is 1. The fourth-order valence-electron chi connectivity index (χ4n) is 3.08. The Labute approximate surface area is 211 Å². The summed E-state index contributed by atoms with van der Waals surface area (Å²) in [5.74, 6) is -4.42. The van der Waals surface area contributed by atoms with Crippen molar-refractivity contribution < 1.29 is 24.6 Å². The number of nitrogen functional groups attached to an aromatic ring is 1. The minimum atomic E-state index is -2.25. The van der Waals surface area contributed by atoms with E-state index in [9.17, 15) is 29.4 Å². The van der Waals surface area contributed by atoms with Crippen LogP contribution in [0, 0.1) is 0 Å². The van der Waals surface area contributed by atoms with Crippen molar-refractivity contribution in [3.63, 3.8) is 0 Å². The third kappa shape index (κ3) is 5.60. The minimum Gasteiger partial charge on any atom is -0.547 e. The van der Waals surface area contributed by atoms with Crippen LogP contribution >= 0.6 is 0 Å². The molecule has 0 saturated heterocycles. The Hall–Kier alpha value is -3.03. The maximum Gasteiger partial charge on any atom is 2.00 e. The van der Waals surface area contributed by atoms with Crippen LogP contribution in [0.5, 0.6) is 0 Å². The summed E-state index contributed by atoms with van der Waals surface area (Å²) in [7, 11) is 1.76. The van der Waals surface area contributed by atoms with Crippen LogP contribution in [0.1, 0.15) is 10.4 Å². The summed E-state index contributed by atoms with van der Waals surface area (Å²) in [4.78, 5) is 54.0. The summed E-state index contributed by atoms with van der Waals surface area (Å²) in [6, 6.07) is 3.58. The largest absolute Gasteiger partial charge is 2.00 e. The molecule has 1 aromatic heterocycles. The molecule has 0 spiro atoms. The number of aliphatic carboxylic acids is 2. The van der Waals surface area contributed by atoms with Crippen LogP contribution < -0.4 is 42.4 Å². The number of carbonyl (C=O) groups is 3. The van der Waals surface area contributed by atoms with E-state index in [1.165, 1.54) is 12.1 Å².